The van der Waals surface area contributed by atoms with E-state index in [1.165, 1.54) is 18.2 Å². The van der Waals surface area contributed by atoms with E-state index in [2.05, 4.69) is 5.32 Å². The molecular weight excluding hydrogens is 258 g/mol. The highest BCUT2D eigenvalue weighted by Crippen LogP contribution is 2.26. The van der Waals surface area contributed by atoms with Gasteiger partial charge >= 0.3 is 0 Å². The third-order valence-electron chi connectivity index (χ3n) is 3.17. The van der Waals surface area contributed by atoms with Gasteiger partial charge in [0.05, 0.1) is 5.69 Å². The summed E-state index contributed by atoms with van der Waals surface area (Å²) >= 11 is 0. The van der Waals surface area contributed by atoms with Crippen molar-refractivity contribution in [2.75, 3.05) is 18.5 Å². The van der Waals surface area contributed by atoms with Crippen LogP contribution in [0, 0.1) is 11.6 Å². The fourth-order valence-corrected chi connectivity index (χ4v) is 2.01. The standard InChI is InChI=1S/C16H18F2N2/c1-3-19-11-12-4-9-16(15(18)10-12)20(2)14-7-5-13(17)6-8-14/h4-10,19H,3,11H2,1-2H3. The molecule has 2 aromatic rings. The highest BCUT2D eigenvalue weighted by molar-refractivity contribution is 5.63. The predicted molar refractivity (Wildman–Crippen MR) is 78.2 cm³/mol. The molecule has 0 heterocycles. The van der Waals surface area contributed by atoms with Crippen LogP contribution in [0.25, 0.3) is 0 Å². The molecular formula is C16H18F2N2. The van der Waals surface area contributed by atoms with Crippen molar-refractivity contribution in [3.63, 3.8) is 0 Å². The molecule has 0 saturated carbocycles. The number of hydrogen-bond acceptors (Lipinski definition) is 2. The molecule has 20 heavy (non-hydrogen) atoms. The first-order valence-corrected chi connectivity index (χ1v) is 6.60. The molecule has 0 atom stereocenters. The van der Waals surface area contributed by atoms with Crippen LogP contribution in [0.3, 0.4) is 0 Å². The smallest absolute Gasteiger partial charge is 0.147 e. The van der Waals surface area contributed by atoms with E-state index in [0.29, 0.717) is 12.2 Å². The van der Waals surface area contributed by atoms with Crippen LogP contribution < -0.4 is 10.2 Å². The van der Waals surface area contributed by atoms with Crippen molar-refractivity contribution in [3.8, 4) is 0 Å². The predicted octanol–water partition coefficient (Wildman–Crippen LogP) is 3.84. The Morgan fingerprint density at radius 1 is 1.05 bits per heavy atom. The van der Waals surface area contributed by atoms with E-state index in [9.17, 15) is 8.78 Å². The van der Waals surface area contributed by atoms with E-state index in [-0.39, 0.29) is 11.6 Å². The molecule has 0 aliphatic carbocycles. The largest absolute Gasteiger partial charge is 0.342 e. The number of hydrogen-bond donors (Lipinski definition) is 1. The summed E-state index contributed by atoms with van der Waals surface area (Å²) in [6.07, 6.45) is 0. The highest BCUT2D eigenvalue weighted by Gasteiger charge is 2.10. The molecule has 2 aromatic carbocycles. The molecule has 4 heteroatoms. The quantitative estimate of drug-likeness (QED) is 0.892. The Hall–Kier alpha value is -1.94. The van der Waals surface area contributed by atoms with Crippen LogP contribution in [-0.2, 0) is 6.54 Å². The van der Waals surface area contributed by atoms with Crippen LogP contribution in [0.4, 0.5) is 20.2 Å². The van der Waals surface area contributed by atoms with Crippen LogP contribution in [0.15, 0.2) is 42.5 Å². The first-order chi connectivity index (χ1) is 9.61. The molecule has 0 bridgehead atoms. The molecule has 106 valence electrons. The highest BCUT2D eigenvalue weighted by atomic mass is 19.1. The second-order valence-electron chi connectivity index (χ2n) is 4.60. The molecule has 0 aliphatic rings. The molecule has 0 aliphatic heterocycles. The molecule has 0 unspecified atom stereocenters. The Kier molecular flexibility index (Phi) is 4.69. The van der Waals surface area contributed by atoms with Gasteiger partial charge in [0.15, 0.2) is 0 Å². The number of nitrogens with one attached hydrogen (secondary N) is 1. The summed E-state index contributed by atoms with van der Waals surface area (Å²) in [4.78, 5) is 1.70. The lowest BCUT2D eigenvalue weighted by Gasteiger charge is -2.20. The minimum atomic E-state index is -0.302. The van der Waals surface area contributed by atoms with E-state index in [1.807, 2.05) is 13.0 Å². The SMILES string of the molecule is CCNCc1ccc(N(C)c2ccc(F)cc2)c(F)c1. The summed E-state index contributed by atoms with van der Waals surface area (Å²) in [5, 5.41) is 3.16. The summed E-state index contributed by atoms with van der Waals surface area (Å²) in [7, 11) is 1.76. The third kappa shape index (κ3) is 3.33. The van der Waals surface area contributed by atoms with E-state index < -0.39 is 0 Å². The van der Waals surface area contributed by atoms with Gasteiger partial charge in [0.2, 0.25) is 0 Å². The van der Waals surface area contributed by atoms with Crippen LogP contribution >= 0.6 is 0 Å². The summed E-state index contributed by atoms with van der Waals surface area (Å²) in [5.41, 5.74) is 2.11. The Morgan fingerprint density at radius 2 is 1.75 bits per heavy atom. The van der Waals surface area contributed by atoms with Gasteiger partial charge in [-0.25, -0.2) is 8.78 Å². The van der Waals surface area contributed by atoms with E-state index in [1.54, 1.807) is 30.1 Å². The fourth-order valence-electron chi connectivity index (χ4n) is 2.01. The summed E-state index contributed by atoms with van der Waals surface area (Å²) in [6.45, 7) is 3.50. The maximum Gasteiger partial charge on any atom is 0.147 e. The average Bonchev–Trinajstić information content (AvgIpc) is 2.45. The van der Waals surface area contributed by atoms with Crippen LogP contribution in [0.2, 0.25) is 0 Å². The maximum atomic E-state index is 14.1. The molecule has 1 N–H and O–H groups in total. The lowest BCUT2D eigenvalue weighted by Crippen LogP contribution is -2.14. The van der Waals surface area contributed by atoms with Crippen molar-refractivity contribution in [1.29, 1.82) is 0 Å². The lowest BCUT2D eigenvalue weighted by molar-refractivity contribution is 0.621. The Balaban J connectivity index is 2.21. The first-order valence-electron chi connectivity index (χ1n) is 6.60. The van der Waals surface area contributed by atoms with Crippen molar-refractivity contribution in [2.24, 2.45) is 0 Å². The molecule has 0 aromatic heterocycles. The van der Waals surface area contributed by atoms with Gasteiger partial charge in [-0.15, -0.1) is 0 Å². The van der Waals surface area contributed by atoms with E-state index in [4.69, 9.17) is 0 Å². The second-order valence-corrected chi connectivity index (χ2v) is 4.60. The van der Waals surface area contributed by atoms with Crippen molar-refractivity contribution in [3.05, 3.63) is 59.7 Å². The van der Waals surface area contributed by atoms with Crippen molar-refractivity contribution in [1.82, 2.24) is 5.32 Å². The minimum Gasteiger partial charge on any atom is -0.342 e. The number of anilines is 2. The number of halogens is 2. The van der Waals surface area contributed by atoms with Gasteiger partial charge in [0, 0.05) is 19.3 Å². The Bertz CT molecular complexity index is 567. The molecule has 2 rings (SSSR count). The van der Waals surface area contributed by atoms with Gasteiger partial charge in [-0.3, -0.25) is 0 Å². The fraction of sp³-hybridized carbons (Fsp3) is 0.250. The average molecular weight is 276 g/mol. The van der Waals surface area contributed by atoms with Crippen molar-refractivity contribution < 1.29 is 8.78 Å². The van der Waals surface area contributed by atoms with Crippen molar-refractivity contribution >= 4 is 11.4 Å². The zero-order valence-corrected chi connectivity index (χ0v) is 11.7. The van der Waals surface area contributed by atoms with Crippen LogP contribution in [-0.4, -0.2) is 13.6 Å². The number of rotatable bonds is 5. The summed E-state index contributed by atoms with van der Waals surface area (Å²) in [5.74, 6) is -0.587. The van der Waals surface area contributed by atoms with Crippen molar-refractivity contribution in [2.45, 2.75) is 13.5 Å². The molecule has 0 saturated heterocycles. The lowest BCUT2D eigenvalue weighted by atomic mass is 10.1. The number of nitrogens with zero attached hydrogens (tertiary/aromatic N) is 1. The third-order valence-corrected chi connectivity index (χ3v) is 3.17. The van der Waals surface area contributed by atoms with Gasteiger partial charge in [0.1, 0.15) is 11.6 Å². The number of benzene rings is 2. The zero-order chi connectivity index (χ0) is 14.5. The minimum absolute atomic E-state index is 0.285. The van der Waals surface area contributed by atoms with Crippen LogP contribution in [0.1, 0.15) is 12.5 Å². The van der Waals surface area contributed by atoms with E-state index in [0.717, 1.165) is 17.8 Å². The zero-order valence-electron chi connectivity index (χ0n) is 11.7. The summed E-state index contributed by atoms with van der Waals surface area (Å²) in [6, 6.07) is 11.1. The monoisotopic (exact) mass is 276 g/mol. The topological polar surface area (TPSA) is 15.3 Å². The van der Waals surface area contributed by atoms with Gasteiger partial charge in [-0.1, -0.05) is 13.0 Å². The van der Waals surface area contributed by atoms with Gasteiger partial charge < -0.3 is 10.2 Å². The Morgan fingerprint density at radius 3 is 2.35 bits per heavy atom. The van der Waals surface area contributed by atoms with E-state index >= 15 is 0 Å². The molecule has 0 radical (unpaired) electrons. The molecule has 2 nitrogen and oxygen atoms in total. The molecule has 0 amide bonds. The van der Waals surface area contributed by atoms with Gasteiger partial charge in [-0.2, -0.15) is 0 Å². The van der Waals surface area contributed by atoms with Gasteiger partial charge in [0.25, 0.3) is 0 Å². The second kappa shape index (κ2) is 6.48. The Labute approximate surface area is 118 Å². The first kappa shape index (κ1) is 14.5. The molecule has 0 spiro atoms. The molecule has 0 fully saturated rings. The normalized spacial score (nSPS) is 10.6. The van der Waals surface area contributed by atoms with Gasteiger partial charge in [-0.05, 0) is 48.5 Å². The summed E-state index contributed by atoms with van der Waals surface area (Å²) < 4.78 is 27.1. The van der Waals surface area contributed by atoms with Crippen LogP contribution in [0.5, 0.6) is 0 Å². The maximum absolute atomic E-state index is 14.1.